The topological polar surface area (TPSA) is 34.1 Å². The molecule has 0 bridgehead atoms. The lowest BCUT2D eigenvalue weighted by molar-refractivity contribution is 0.327. The van der Waals surface area contributed by atoms with Crippen molar-refractivity contribution in [1.29, 1.82) is 0 Å². The van der Waals surface area contributed by atoms with Crippen molar-refractivity contribution in [1.82, 2.24) is 4.98 Å². The Balaban J connectivity index is 2.00. The molecule has 100 valence electrons. The highest BCUT2D eigenvalue weighted by molar-refractivity contribution is 9.10. The van der Waals surface area contributed by atoms with Crippen molar-refractivity contribution >= 4 is 21.6 Å². The Labute approximate surface area is 119 Å². The predicted octanol–water partition coefficient (Wildman–Crippen LogP) is 3.99. The van der Waals surface area contributed by atoms with Crippen LogP contribution in [0.1, 0.15) is 12.5 Å². The summed E-state index contributed by atoms with van der Waals surface area (Å²) in [6, 6.07) is 8.51. The second kappa shape index (κ2) is 6.52. The number of hydrogen-bond acceptors (Lipinski definition) is 3. The predicted molar refractivity (Wildman–Crippen MR) is 76.8 cm³/mol. The van der Waals surface area contributed by atoms with Crippen LogP contribution in [0.4, 0.5) is 10.1 Å². The third-order valence-corrected chi connectivity index (χ3v) is 3.01. The smallest absolute Gasteiger partial charge is 0.213 e. The maximum atomic E-state index is 13.5. The van der Waals surface area contributed by atoms with Crippen molar-refractivity contribution in [2.24, 2.45) is 0 Å². The second-order valence-corrected chi connectivity index (χ2v) is 4.82. The van der Waals surface area contributed by atoms with E-state index in [1.54, 1.807) is 24.4 Å². The molecule has 19 heavy (non-hydrogen) atoms. The molecule has 2 aromatic rings. The summed E-state index contributed by atoms with van der Waals surface area (Å²) in [5.74, 6) is 0.358. The minimum Gasteiger partial charge on any atom is -0.478 e. The Hall–Kier alpha value is -1.62. The minimum atomic E-state index is -0.227. The first-order chi connectivity index (χ1) is 9.19. The Bertz CT molecular complexity index is 546. The van der Waals surface area contributed by atoms with Gasteiger partial charge in [0, 0.05) is 22.6 Å². The molecule has 0 aliphatic rings. The highest BCUT2D eigenvalue weighted by Gasteiger charge is 2.03. The highest BCUT2D eigenvalue weighted by atomic mass is 79.9. The van der Waals surface area contributed by atoms with Crippen molar-refractivity contribution in [3.8, 4) is 5.88 Å². The van der Waals surface area contributed by atoms with Crippen molar-refractivity contribution in [3.05, 3.63) is 52.4 Å². The van der Waals surface area contributed by atoms with Crippen LogP contribution in [0.5, 0.6) is 5.88 Å². The molecule has 0 aliphatic carbocycles. The van der Waals surface area contributed by atoms with E-state index in [2.05, 4.69) is 26.2 Å². The van der Waals surface area contributed by atoms with E-state index < -0.39 is 0 Å². The van der Waals surface area contributed by atoms with Gasteiger partial charge in [0.2, 0.25) is 5.88 Å². The normalized spacial score (nSPS) is 10.3. The molecule has 1 aromatic heterocycles. The van der Waals surface area contributed by atoms with E-state index in [0.29, 0.717) is 24.6 Å². The van der Waals surface area contributed by atoms with Crippen molar-refractivity contribution in [2.45, 2.75) is 13.5 Å². The Kier molecular flexibility index (Phi) is 4.74. The second-order valence-electron chi connectivity index (χ2n) is 3.91. The van der Waals surface area contributed by atoms with Crippen LogP contribution in [0, 0.1) is 5.82 Å². The molecule has 0 amide bonds. The molecular weight excluding hydrogens is 311 g/mol. The van der Waals surface area contributed by atoms with Gasteiger partial charge in [-0.05, 0) is 31.2 Å². The summed E-state index contributed by atoms with van der Waals surface area (Å²) in [4.78, 5) is 4.13. The summed E-state index contributed by atoms with van der Waals surface area (Å²) in [6.45, 7) is 2.90. The van der Waals surface area contributed by atoms with E-state index in [-0.39, 0.29) is 5.82 Å². The van der Waals surface area contributed by atoms with E-state index in [1.165, 1.54) is 6.07 Å². The Morgan fingerprint density at radius 3 is 2.84 bits per heavy atom. The van der Waals surface area contributed by atoms with Crippen molar-refractivity contribution < 1.29 is 9.13 Å². The van der Waals surface area contributed by atoms with E-state index in [1.807, 2.05) is 13.0 Å². The number of halogens is 2. The fraction of sp³-hybridized carbons (Fsp3) is 0.214. The van der Waals surface area contributed by atoms with E-state index in [0.717, 1.165) is 10.2 Å². The van der Waals surface area contributed by atoms with Crippen LogP contribution in [0.15, 0.2) is 41.0 Å². The van der Waals surface area contributed by atoms with E-state index in [9.17, 15) is 4.39 Å². The first kappa shape index (κ1) is 13.8. The maximum Gasteiger partial charge on any atom is 0.213 e. The average Bonchev–Trinajstić information content (AvgIpc) is 2.42. The number of anilines is 1. The molecule has 0 unspecified atom stereocenters. The van der Waals surface area contributed by atoms with Crippen LogP contribution in [-0.4, -0.2) is 11.6 Å². The molecule has 0 atom stereocenters. The first-order valence-electron chi connectivity index (χ1n) is 5.95. The molecule has 0 fully saturated rings. The standard InChI is InChI=1S/C14H14BrFN2O/c1-2-19-14-6-4-12(9-18-14)17-8-10-7-11(15)3-5-13(10)16/h3-7,9,17H,2,8H2,1H3. The summed E-state index contributed by atoms with van der Waals surface area (Å²) < 4.78 is 19.7. The van der Waals surface area contributed by atoms with Crippen LogP contribution in [-0.2, 0) is 6.54 Å². The molecule has 0 saturated carbocycles. The van der Waals surface area contributed by atoms with Crippen LogP contribution in [0.2, 0.25) is 0 Å². The molecule has 5 heteroatoms. The van der Waals surface area contributed by atoms with Crippen molar-refractivity contribution in [2.75, 3.05) is 11.9 Å². The van der Waals surface area contributed by atoms with Gasteiger partial charge < -0.3 is 10.1 Å². The molecule has 0 saturated heterocycles. The van der Waals surface area contributed by atoms with E-state index in [4.69, 9.17) is 4.74 Å². The number of nitrogens with zero attached hydrogens (tertiary/aromatic N) is 1. The maximum absolute atomic E-state index is 13.5. The van der Waals surface area contributed by atoms with Gasteiger partial charge in [-0.25, -0.2) is 9.37 Å². The summed E-state index contributed by atoms with van der Waals surface area (Å²) in [5, 5.41) is 3.12. The van der Waals surface area contributed by atoms with Gasteiger partial charge in [-0.2, -0.15) is 0 Å². The molecule has 0 spiro atoms. The van der Waals surface area contributed by atoms with Gasteiger partial charge >= 0.3 is 0 Å². The lowest BCUT2D eigenvalue weighted by Crippen LogP contribution is -2.02. The summed E-state index contributed by atoms with van der Waals surface area (Å²) in [5.41, 5.74) is 1.42. The number of rotatable bonds is 5. The van der Waals surface area contributed by atoms with Gasteiger partial charge in [0.1, 0.15) is 5.82 Å². The Morgan fingerprint density at radius 2 is 2.16 bits per heavy atom. The van der Waals surface area contributed by atoms with Gasteiger partial charge in [-0.3, -0.25) is 0 Å². The summed E-state index contributed by atoms with van der Waals surface area (Å²) in [6.07, 6.45) is 1.67. The molecule has 1 N–H and O–H groups in total. The van der Waals surface area contributed by atoms with Gasteiger partial charge in [0.05, 0.1) is 18.5 Å². The monoisotopic (exact) mass is 324 g/mol. The van der Waals surface area contributed by atoms with E-state index >= 15 is 0 Å². The summed E-state index contributed by atoms with van der Waals surface area (Å²) >= 11 is 3.33. The zero-order valence-electron chi connectivity index (χ0n) is 10.5. The molecular formula is C14H14BrFN2O. The molecule has 1 heterocycles. The van der Waals surface area contributed by atoms with Crippen molar-refractivity contribution in [3.63, 3.8) is 0 Å². The average molecular weight is 325 g/mol. The molecule has 0 aliphatic heterocycles. The highest BCUT2D eigenvalue weighted by Crippen LogP contribution is 2.17. The Morgan fingerprint density at radius 1 is 1.32 bits per heavy atom. The number of aromatic nitrogens is 1. The van der Waals surface area contributed by atoms with Gasteiger partial charge in [-0.15, -0.1) is 0 Å². The zero-order chi connectivity index (χ0) is 13.7. The fourth-order valence-electron chi connectivity index (χ4n) is 1.59. The third kappa shape index (κ3) is 3.92. The largest absolute Gasteiger partial charge is 0.478 e. The SMILES string of the molecule is CCOc1ccc(NCc2cc(Br)ccc2F)cn1. The summed E-state index contributed by atoms with van der Waals surface area (Å²) in [7, 11) is 0. The first-order valence-corrected chi connectivity index (χ1v) is 6.75. The number of benzene rings is 1. The fourth-order valence-corrected chi connectivity index (χ4v) is 2.00. The number of ether oxygens (including phenoxy) is 1. The third-order valence-electron chi connectivity index (χ3n) is 2.52. The van der Waals surface area contributed by atoms with Crippen LogP contribution >= 0.6 is 15.9 Å². The van der Waals surface area contributed by atoms with Crippen LogP contribution < -0.4 is 10.1 Å². The van der Waals surface area contributed by atoms with Gasteiger partial charge in [0.25, 0.3) is 0 Å². The minimum absolute atomic E-state index is 0.227. The lowest BCUT2D eigenvalue weighted by atomic mass is 10.2. The number of hydrogen-bond donors (Lipinski definition) is 1. The number of nitrogens with one attached hydrogen (secondary N) is 1. The lowest BCUT2D eigenvalue weighted by Gasteiger charge is -2.08. The number of pyridine rings is 1. The molecule has 0 radical (unpaired) electrons. The quantitative estimate of drug-likeness (QED) is 0.902. The van der Waals surface area contributed by atoms with Crippen LogP contribution in [0.3, 0.4) is 0 Å². The molecule has 2 rings (SSSR count). The van der Waals surface area contributed by atoms with Crippen LogP contribution in [0.25, 0.3) is 0 Å². The van der Waals surface area contributed by atoms with Gasteiger partial charge in [-0.1, -0.05) is 15.9 Å². The molecule has 1 aromatic carbocycles. The zero-order valence-corrected chi connectivity index (χ0v) is 12.1. The van der Waals surface area contributed by atoms with Gasteiger partial charge in [0.15, 0.2) is 0 Å². The molecule has 3 nitrogen and oxygen atoms in total.